The average Bonchev–Trinajstić information content (AvgIpc) is 3.20. The van der Waals surface area contributed by atoms with Crippen LogP contribution in [0.2, 0.25) is 0 Å². The van der Waals surface area contributed by atoms with Crippen molar-refractivity contribution in [2.45, 2.75) is 30.1 Å². The van der Waals surface area contributed by atoms with Crippen molar-refractivity contribution in [2.75, 3.05) is 19.0 Å². The van der Waals surface area contributed by atoms with Crippen molar-refractivity contribution < 1.29 is 26.7 Å². The Hall–Kier alpha value is -2.72. The van der Waals surface area contributed by atoms with Gasteiger partial charge < -0.3 is 10.5 Å². The molecule has 0 aliphatic carbocycles. The van der Waals surface area contributed by atoms with Gasteiger partial charge in [0.1, 0.15) is 28.7 Å². The van der Waals surface area contributed by atoms with E-state index in [4.69, 9.17) is 10.5 Å². The third-order valence-electron chi connectivity index (χ3n) is 5.87. The maximum absolute atomic E-state index is 14.8. The molecule has 7 nitrogen and oxygen atoms in total. The molecule has 1 saturated heterocycles. The second kappa shape index (κ2) is 7.45. The van der Waals surface area contributed by atoms with Crippen molar-refractivity contribution in [3.63, 3.8) is 0 Å². The number of hydrogen-bond donors (Lipinski definition) is 1. The summed E-state index contributed by atoms with van der Waals surface area (Å²) in [6.07, 6.45) is 1.03. The number of ether oxygens (including phenoxy) is 1. The average molecular weight is 449 g/mol. The number of carbonyl (C=O) groups is 1. The van der Waals surface area contributed by atoms with Crippen LogP contribution in [0.5, 0.6) is 0 Å². The molecule has 0 unspecified atom stereocenters. The number of pyridine rings is 1. The van der Waals surface area contributed by atoms with Gasteiger partial charge in [0, 0.05) is 18.6 Å². The van der Waals surface area contributed by atoms with Gasteiger partial charge in [-0.2, -0.15) is 0 Å². The highest BCUT2D eigenvalue weighted by atomic mass is 32.2. The van der Waals surface area contributed by atoms with Crippen molar-refractivity contribution in [3.8, 4) is 0 Å². The minimum atomic E-state index is -3.79. The Balaban J connectivity index is 1.69. The van der Waals surface area contributed by atoms with Gasteiger partial charge in [0.25, 0.3) is 0 Å². The predicted octanol–water partition coefficient (Wildman–Crippen LogP) is 1.95. The van der Waals surface area contributed by atoms with Crippen molar-refractivity contribution in [2.24, 2.45) is 10.7 Å². The number of hydrogen-bond acceptors (Lipinski definition) is 7. The molecule has 0 saturated carbocycles. The molecule has 4 rings (SSSR count). The van der Waals surface area contributed by atoms with E-state index in [1.165, 1.54) is 31.2 Å². The van der Waals surface area contributed by atoms with Crippen molar-refractivity contribution in [3.05, 3.63) is 65.0 Å². The molecular formula is C21H21F2N3O4S. The Morgan fingerprint density at radius 1 is 1.26 bits per heavy atom. The van der Waals surface area contributed by atoms with Gasteiger partial charge in [-0.15, -0.1) is 0 Å². The summed E-state index contributed by atoms with van der Waals surface area (Å²) in [5.41, 5.74) is 5.20. The van der Waals surface area contributed by atoms with Gasteiger partial charge in [0.15, 0.2) is 20.4 Å². The lowest BCUT2D eigenvalue weighted by atomic mass is 9.90. The van der Waals surface area contributed by atoms with Crippen LogP contribution in [-0.2, 0) is 26.5 Å². The minimum Gasteiger partial charge on any atom is -0.386 e. The zero-order valence-corrected chi connectivity index (χ0v) is 17.6. The maximum atomic E-state index is 14.8. The van der Waals surface area contributed by atoms with Crippen LogP contribution in [0.1, 0.15) is 35.0 Å². The Labute approximate surface area is 178 Å². The number of nitrogens with zero attached hydrogens (tertiary/aromatic N) is 2. The molecule has 2 aliphatic heterocycles. The molecule has 2 aliphatic rings. The Morgan fingerprint density at radius 2 is 2.03 bits per heavy atom. The van der Waals surface area contributed by atoms with E-state index in [9.17, 15) is 22.0 Å². The van der Waals surface area contributed by atoms with Crippen molar-refractivity contribution >= 4 is 21.5 Å². The van der Waals surface area contributed by atoms with Gasteiger partial charge in [-0.05, 0) is 43.2 Å². The van der Waals surface area contributed by atoms with E-state index in [-0.39, 0.29) is 48.9 Å². The Bertz CT molecular complexity index is 1180. The summed E-state index contributed by atoms with van der Waals surface area (Å²) >= 11 is 0. The van der Waals surface area contributed by atoms with Crippen molar-refractivity contribution in [1.29, 1.82) is 0 Å². The quantitative estimate of drug-likeness (QED) is 0.714. The molecule has 1 spiro atoms. The summed E-state index contributed by atoms with van der Waals surface area (Å²) in [5.74, 6) is -2.12. The minimum absolute atomic E-state index is 0.0326. The highest BCUT2D eigenvalue weighted by Crippen LogP contribution is 2.41. The second-order valence-corrected chi connectivity index (χ2v) is 10.4. The molecule has 2 aromatic rings. The van der Waals surface area contributed by atoms with Crippen LogP contribution in [-0.4, -0.2) is 48.7 Å². The largest absolute Gasteiger partial charge is 0.386 e. The standard InChI is InChI=1S/C21H21F2N3O4S/c1-20(12-31(28,29)21(19(24)26-20)6-7-30-11-21)15-8-13(2-4-16(15)23)9-18(27)17-5-3-14(22)10-25-17/h2-5,8,10H,6-7,9,11-12H2,1H3,(H2,24,26)/t20-,21-/m0/s1. The molecule has 2 atom stereocenters. The SMILES string of the molecule is C[C@@]1(c2cc(CC(=O)c3ccc(F)cn3)ccc2F)CS(=O)(=O)[C@]2(CCOC2)C(N)=N1. The smallest absolute Gasteiger partial charge is 0.185 e. The van der Waals surface area contributed by atoms with E-state index in [1.807, 2.05) is 0 Å². The summed E-state index contributed by atoms with van der Waals surface area (Å²) < 4.78 is 58.0. The van der Waals surface area contributed by atoms with Gasteiger partial charge in [0.2, 0.25) is 0 Å². The zero-order chi connectivity index (χ0) is 22.4. The number of benzene rings is 1. The Kier molecular flexibility index (Phi) is 5.17. The third kappa shape index (κ3) is 3.63. The maximum Gasteiger partial charge on any atom is 0.185 e. The number of ketones is 1. The van der Waals surface area contributed by atoms with E-state index in [0.29, 0.717) is 5.56 Å². The van der Waals surface area contributed by atoms with Crippen LogP contribution in [0.25, 0.3) is 0 Å². The van der Waals surface area contributed by atoms with E-state index in [2.05, 4.69) is 9.98 Å². The van der Waals surface area contributed by atoms with Crippen LogP contribution in [0, 0.1) is 11.6 Å². The molecule has 1 aromatic heterocycles. The van der Waals surface area contributed by atoms with Gasteiger partial charge >= 0.3 is 0 Å². The van der Waals surface area contributed by atoms with Crippen LogP contribution in [0.4, 0.5) is 8.78 Å². The van der Waals surface area contributed by atoms with E-state index >= 15 is 0 Å². The summed E-state index contributed by atoms with van der Waals surface area (Å²) in [7, 11) is -3.79. The van der Waals surface area contributed by atoms with E-state index in [1.54, 1.807) is 0 Å². The number of rotatable bonds is 4. The molecule has 2 N–H and O–H groups in total. The van der Waals surface area contributed by atoms with E-state index in [0.717, 1.165) is 12.3 Å². The summed E-state index contributed by atoms with van der Waals surface area (Å²) in [5, 5.41) is 0. The highest BCUT2D eigenvalue weighted by molar-refractivity contribution is 7.93. The summed E-state index contributed by atoms with van der Waals surface area (Å²) in [6.45, 7) is 1.70. The molecule has 3 heterocycles. The Morgan fingerprint density at radius 3 is 2.65 bits per heavy atom. The zero-order valence-electron chi connectivity index (χ0n) is 16.8. The van der Waals surface area contributed by atoms with Gasteiger partial charge in [-0.3, -0.25) is 14.8 Å². The summed E-state index contributed by atoms with van der Waals surface area (Å²) in [4.78, 5) is 20.6. The summed E-state index contributed by atoms with van der Waals surface area (Å²) in [6, 6.07) is 6.42. The number of halogens is 2. The fourth-order valence-corrected chi connectivity index (χ4v) is 6.37. The number of Topliss-reactive ketones (excluding diaryl/α,β-unsaturated/α-hetero) is 1. The number of nitrogens with two attached hydrogens (primary N) is 1. The first-order chi connectivity index (χ1) is 14.6. The van der Waals surface area contributed by atoms with Gasteiger partial charge in [0.05, 0.1) is 18.6 Å². The lowest BCUT2D eigenvalue weighted by molar-refractivity contribution is 0.0988. The molecular weight excluding hydrogens is 428 g/mol. The molecule has 0 bridgehead atoms. The molecule has 1 fully saturated rings. The normalized spacial score (nSPS) is 27.3. The lowest BCUT2D eigenvalue weighted by Crippen LogP contribution is -2.58. The van der Waals surface area contributed by atoms with Crippen LogP contribution >= 0.6 is 0 Å². The molecule has 0 radical (unpaired) electrons. The molecule has 164 valence electrons. The molecule has 1 aromatic carbocycles. The first kappa shape index (κ1) is 21.5. The number of aliphatic imine (C=N–C) groups is 1. The fraction of sp³-hybridized carbons (Fsp3) is 0.381. The number of carbonyl (C=O) groups excluding carboxylic acids is 1. The van der Waals surface area contributed by atoms with Gasteiger partial charge in [-0.1, -0.05) is 6.07 Å². The first-order valence-corrected chi connectivity index (χ1v) is 11.3. The van der Waals surface area contributed by atoms with Crippen LogP contribution in [0.3, 0.4) is 0 Å². The van der Waals surface area contributed by atoms with Crippen LogP contribution < -0.4 is 5.73 Å². The number of amidine groups is 1. The van der Waals surface area contributed by atoms with Crippen molar-refractivity contribution in [1.82, 2.24) is 4.98 Å². The van der Waals surface area contributed by atoms with Gasteiger partial charge in [-0.25, -0.2) is 17.2 Å². The topological polar surface area (TPSA) is 112 Å². The first-order valence-electron chi connectivity index (χ1n) is 9.66. The predicted molar refractivity (Wildman–Crippen MR) is 110 cm³/mol. The monoisotopic (exact) mass is 449 g/mol. The third-order valence-corrected chi connectivity index (χ3v) is 8.54. The van der Waals surface area contributed by atoms with E-state index < -0.39 is 37.5 Å². The fourth-order valence-electron chi connectivity index (χ4n) is 4.11. The highest BCUT2D eigenvalue weighted by Gasteiger charge is 2.57. The molecule has 0 amide bonds. The number of sulfone groups is 1. The number of aromatic nitrogens is 1. The lowest BCUT2D eigenvalue weighted by Gasteiger charge is -2.39. The van der Waals surface area contributed by atoms with Crippen LogP contribution in [0.15, 0.2) is 41.5 Å². The second-order valence-electron chi connectivity index (χ2n) is 8.10. The molecule has 10 heteroatoms. The molecule has 31 heavy (non-hydrogen) atoms.